The molecule has 0 amide bonds. The first-order chi connectivity index (χ1) is 8.95. The summed E-state index contributed by atoms with van der Waals surface area (Å²) in [6.45, 7) is 6.94. The Hall–Kier alpha value is -1.36. The lowest BCUT2D eigenvalue weighted by atomic mass is 9.49. The van der Waals surface area contributed by atoms with Crippen LogP contribution >= 0.6 is 0 Å². The summed E-state index contributed by atoms with van der Waals surface area (Å²) in [5.41, 5.74) is 1.38. The molecule has 2 rings (SSSR count). The van der Waals surface area contributed by atoms with Crippen LogP contribution in [0.3, 0.4) is 0 Å². The Kier molecular flexibility index (Phi) is 3.67. The van der Waals surface area contributed by atoms with Gasteiger partial charge in [0.05, 0.1) is 6.07 Å². The number of nitriles is 1. The maximum absolute atomic E-state index is 11.6. The third-order valence-electron chi connectivity index (χ3n) is 5.42. The van der Waals surface area contributed by atoms with Crippen molar-refractivity contribution >= 4 is 6.29 Å². The topological polar surface area (TPSA) is 40.9 Å². The van der Waals surface area contributed by atoms with Crippen molar-refractivity contribution in [1.29, 1.82) is 5.26 Å². The molecule has 3 atom stereocenters. The molecule has 2 heteroatoms. The summed E-state index contributed by atoms with van der Waals surface area (Å²) in [5.74, 6) is 0.499. The number of fused-ring (bicyclic) bond motifs is 1. The van der Waals surface area contributed by atoms with E-state index in [0.717, 1.165) is 24.7 Å². The Morgan fingerprint density at radius 1 is 1.37 bits per heavy atom. The fraction of sp³-hybridized carbons (Fsp3) is 0.647. The molecule has 0 aromatic rings. The molecular weight excluding hydrogens is 234 g/mol. The zero-order chi connectivity index (χ0) is 14.1. The van der Waals surface area contributed by atoms with E-state index in [1.165, 1.54) is 18.9 Å². The molecule has 0 spiro atoms. The van der Waals surface area contributed by atoms with Crippen LogP contribution in [0.15, 0.2) is 23.8 Å². The maximum atomic E-state index is 11.6. The van der Waals surface area contributed by atoms with Gasteiger partial charge >= 0.3 is 0 Å². The molecule has 0 N–H and O–H groups in total. The van der Waals surface area contributed by atoms with Crippen molar-refractivity contribution in [3.8, 4) is 6.07 Å². The van der Waals surface area contributed by atoms with Crippen LogP contribution in [0.4, 0.5) is 0 Å². The number of rotatable bonds is 2. The first-order valence-corrected chi connectivity index (χ1v) is 7.17. The molecule has 0 aromatic heterocycles. The second kappa shape index (κ2) is 4.96. The SMILES string of the molecule is CC1(C)CCC[C@@]2(C)C1CC=C(/C=C/C#N)[C@@H]2C=O. The molecule has 1 unspecified atom stereocenters. The fourth-order valence-electron chi connectivity index (χ4n) is 4.43. The Balaban J connectivity index is 2.42. The Morgan fingerprint density at radius 3 is 2.74 bits per heavy atom. The monoisotopic (exact) mass is 257 g/mol. The van der Waals surface area contributed by atoms with Crippen LogP contribution in [0.5, 0.6) is 0 Å². The van der Waals surface area contributed by atoms with E-state index >= 15 is 0 Å². The standard InChI is InChI=1S/C17H23NO/c1-16(2)9-5-10-17(3)14(12-19)13(6-4-11-18)7-8-15(16)17/h4,6-7,12,14-15H,5,8-10H2,1-3H3/b6-4+/t14-,15?,17+/m0/s1. The van der Waals surface area contributed by atoms with Gasteiger partial charge in [0.2, 0.25) is 0 Å². The van der Waals surface area contributed by atoms with Crippen LogP contribution in [-0.4, -0.2) is 6.29 Å². The molecule has 1 fully saturated rings. The van der Waals surface area contributed by atoms with E-state index in [2.05, 4.69) is 26.8 Å². The number of hydrogen-bond donors (Lipinski definition) is 0. The van der Waals surface area contributed by atoms with Crippen molar-refractivity contribution in [3.63, 3.8) is 0 Å². The quantitative estimate of drug-likeness (QED) is 0.553. The summed E-state index contributed by atoms with van der Waals surface area (Å²) >= 11 is 0. The Morgan fingerprint density at radius 2 is 2.11 bits per heavy atom. The minimum atomic E-state index is -0.0598. The van der Waals surface area contributed by atoms with Gasteiger partial charge in [0.25, 0.3) is 0 Å². The van der Waals surface area contributed by atoms with Gasteiger partial charge in [-0.25, -0.2) is 0 Å². The lowest BCUT2D eigenvalue weighted by molar-refractivity contribution is -0.119. The van der Waals surface area contributed by atoms with E-state index in [-0.39, 0.29) is 11.3 Å². The molecule has 2 aliphatic carbocycles. The van der Waals surface area contributed by atoms with Crippen LogP contribution in [-0.2, 0) is 4.79 Å². The molecule has 19 heavy (non-hydrogen) atoms. The molecule has 102 valence electrons. The summed E-state index contributed by atoms with van der Waals surface area (Å²) in [6.07, 6.45) is 11.2. The summed E-state index contributed by atoms with van der Waals surface area (Å²) in [6, 6.07) is 2.02. The smallest absolute Gasteiger partial charge is 0.127 e. The third-order valence-corrected chi connectivity index (χ3v) is 5.42. The van der Waals surface area contributed by atoms with Gasteiger partial charge in [-0.1, -0.05) is 33.3 Å². The average Bonchev–Trinajstić information content (AvgIpc) is 2.34. The van der Waals surface area contributed by atoms with Crippen LogP contribution in [0, 0.1) is 34.0 Å². The van der Waals surface area contributed by atoms with Gasteiger partial charge in [-0.2, -0.15) is 5.26 Å². The van der Waals surface area contributed by atoms with Gasteiger partial charge in [-0.05, 0) is 47.7 Å². The normalized spacial score (nSPS) is 37.3. The van der Waals surface area contributed by atoms with Crippen LogP contribution in [0.1, 0.15) is 46.5 Å². The highest BCUT2D eigenvalue weighted by molar-refractivity contribution is 5.63. The zero-order valence-electron chi connectivity index (χ0n) is 12.1. The van der Waals surface area contributed by atoms with Crippen molar-refractivity contribution in [2.45, 2.75) is 46.5 Å². The number of carbonyl (C=O) groups is 1. The Bertz CT molecular complexity index is 466. The number of hydrogen-bond acceptors (Lipinski definition) is 2. The van der Waals surface area contributed by atoms with Crippen molar-refractivity contribution in [2.75, 3.05) is 0 Å². The van der Waals surface area contributed by atoms with Gasteiger partial charge in [0.1, 0.15) is 6.29 Å². The first-order valence-electron chi connectivity index (χ1n) is 7.17. The summed E-state index contributed by atoms with van der Waals surface area (Å²) < 4.78 is 0. The molecule has 0 saturated heterocycles. The van der Waals surface area contributed by atoms with Gasteiger partial charge in [0.15, 0.2) is 0 Å². The van der Waals surface area contributed by atoms with Crippen molar-refractivity contribution in [2.24, 2.45) is 22.7 Å². The summed E-state index contributed by atoms with van der Waals surface area (Å²) in [7, 11) is 0. The fourth-order valence-corrected chi connectivity index (χ4v) is 4.43. The van der Waals surface area contributed by atoms with E-state index in [1.807, 2.05) is 12.1 Å². The third kappa shape index (κ3) is 2.27. The minimum Gasteiger partial charge on any atom is -0.303 e. The molecule has 1 saturated carbocycles. The minimum absolute atomic E-state index is 0.0490. The maximum Gasteiger partial charge on any atom is 0.127 e. The number of carbonyl (C=O) groups excluding carboxylic acids is 1. The second-order valence-electron chi connectivity index (χ2n) is 6.92. The van der Waals surface area contributed by atoms with Crippen LogP contribution < -0.4 is 0 Å². The Labute approximate surface area is 116 Å². The van der Waals surface area contributed by atoms with Crippen molar-refractivity contribution in [1.82, 2.24) is 0 Å². The van der Waals surface area contributed by atoms with E-state index in [1.54, 1.807) is 0 Å². The van der Waals surface area contributed by atoms with E-state index < -0.39 is 0 Å². The van der Waals surface area contributed by atoms with Gasteiger partial charge < -0.3 is 4.79 Å². The molecule has 0 aliphatic heterocycles. The first kappa shape index (κ1) is 14.1. The predicted molar refractivity (Wildman–Crippen MR) is 76.2 cm³/mol. The van der Waals surface area contributed by atoms with Crippen LogP contribution in [0.2, 0.25) is 0 Å². The molecular formula is C17H23NO. The number of nitrogens with zero attached hydrogens (tertiary/aromatic N) is 1. The van der Waals surface area contributed by atoms with Gasteiger partial charge in [0, 0.05) is 12.0 Å². The predicted octanol–water partition coefficient (Wildman–Crippen LogP) is 4.04. The van der Waals surface area contributed by atoms with Crippen LogP contribution in [0.25, 0.3) is 0 Å². The van der Waals surface area contributed by atoms with Crippen molar-refractivity contribution in [3.05, 3.63) is 23.8 Å². The molecule has 0 radical (unpaired) electrons. The van der Waals surface area contributed by atoms with Crippen molar-refractivity contribution < 1.29 is 4.79 Å². The highest BCUT2D eigenvalue weighted by Crippen LogP contribution is 2.59. The summed E-state index contributed by atoms with van der Waals surface area (Å²) in [4.78, 5) is 11.6. The largest absolute Gasteiger partial charge is 0.303 e. The molecule has 2 aliphatic rings. The second-order valence-corrected chi connectivity index (χ2v) is 6.92. The number of aldehydes is 1. The van der Waals surface area contributed by atoms with E-state index in [0.29, 0.717) is 11.3 Å². The highest BCUT2D eigenvalue weighted by atomic mass is 16.1. The molecule has 0 aromatic carbocycles. The summed E-state index contributed by atoms with van der Waals surface area (Å²) in [5, 5.41) is 8.68. The molecule has 0 bridgehead atoms. The highest BCUT2D eigenvalue weighted by Gasteiger charge is 2.52. The lowest BCUT2D eigenvalue weighted by Gasteiger charge is -2.55. The molecule has 0 heterocycles. The van der Waals surface area contributed by atoms with Gasteiger partial charge in [-0.3, -0.25) is 0 Å². The molecule has 2 nitrogen and oxygen atoms in total. The average molecular weight is 257 g/mol. The van der Waals surface area contributed by atoms with E-state index in [4.69, 9.17) is 5.26 Å². The van der Waals surface area contributed by atoms with E-state index in [9.17, 15) is 4.79 Å². The lowest BCUT2D eigenvalue weighted by Crippen LogP contribution is -2.49. The zero-order valence-corrected chi connectivity index (χ0v) is 12.1. The number of allylic oxidation sites excluding steroid dienone is 4. The van der Waals surface area contributed by atoms with Gasteiger partial charge in [-0.15, -0.1) is 0 Å².